The number of carbonyl (C=O) groups is 3. The van der Waals surface area contributed by atoms with Crippen LogP contribution in [0.1, 0.15) is 15.9 Å². The summed E-state index contributed by atoms with van der Waals surface area (Å²) in [7, 11) is 0. The fourth-order valence-corrected chi connectivity index (χ4v) is 3.98. The molecule has 1 saturated heterocycles. The third-order valence-electron chi connectivity index (χ3n) is 4.97. The van der Waals surface area contributed by atoms with E-state index < -0.39 is 17.5 Å². The van der Waals surface area contributed by atoms with E-state index in [9.17, 15) is 14.4 Å². The molecule has 5 nitrogen and oxygen atoms in total. The number of urea groups is 1. The Balaban J connectivity index is 1.89. The van der Waals surface area contributed by atoms with Crippen molar-refractivity contribution < 1.29 is 14.4 Å². The van der Waals surface area contributed by atoms with Crippen LogP contribution in [-0.4, -0.2) is 17.7 Å². The van der Waals surface area contributed by atoms with Crippen molar-refractivity contribution in [2.45, 2.75) is 5.54 Å². The van der Waals surface area contributed by atoms with Gasteiger partial charge >= 0.3 is 6.03 Å². The summed E-state index contributed by atoms with van der Waals surface area (Å²) in [5, 5.41) is 3.95. The van der Waals surface area contributed by atoms with Gasteiger partial charge in [-0.3, -0.25) is 19.8 Å². The van der Waals surface area contributed by atoms with E-state index in [0.717, 1.165) is 10.8 Å². The quantitative estimate of drug-likeness (QED) is 0.552. The number of nitrogens with one attached hydrogen (secondary N) is 1. The maximum Gasteiger partial charge on any atom is 0.330 e. The number of amides is 3. The van der Waals surface area contributed by atoms with Crippen LogP contribution in [0.5, 0.6) is 0 Å². The van der Waals surface area contributed by atoms with E-state index in [1.54, 1.807) is 48.5 Å². The lowest BCUT2D eigenvalue weighted by Crippen LogP contribution is -2.51. The minimum Gasteiger partial charge on any atom is -0.290 e. The number of ketones is 1. The lowest BCUT2D eigenvalue weighted by atomic mass is 9.87. The minimum absolute atomic E-state index is 0.369. The highest BCUT2D eigenvalue weighted by Crippen LogP contribution is 2.48. The van der Waals surface area contributed by atoms with Crippen LogP contribution < -0.4 is 10.2 Å². The van der Waals surface area contributed by atoms with E-state index in [1.807, 2.05) is 18.2 Å². The van der Waals surface area contributed by atoms with Crippen molar-refractivity contribution in [1.29, 1.82) is 0 Å². The first-order chi connectivity index (χ1) is 12.2. The molecule has 3 aromatic carbocycles. The second-order valence-electron chi connectivity index (χ2n) is 6.18. The van der Waals surface area contributed by atoms with Gasteiger partial charge in [0.1, 0.15) is 0 Å². The van der Waals surface area contributed by atoms with Gasteiger partial charge < -0.3 is 0 Å². The monoisotopic (exact) mass is 328 g/mol. The van der Waals surface area contributed by atoms with E-state index >= 15 is 0 Å². The first kappa shape index (κ1) is 13.9. The van der Waals surface area contributed by atoms with Gasteiger partial charge in [0.2, 0.25) is 11.3 Å². The number of rotatable bonds is 1. The van der Waals surface area contributed by atoms with Crippen molar-refractivity contribution in [2.75, 3.05) is 4.90 Å². The number of para-hydroxylation sites is 1. The summed E-state index contributed by atoms with van der Waals surface area (Å²) in [6, 6.07) is 19.1. The number of hydrogen-bond donors (Lipinski definition) is 1. The van der Waals surface area contributed by atoms with E-state index in [4.69, 9.17) is 0 Å². The Bertz CT molecular complexity index is 1090. The number of benzene rings is 3. The molecule has 3 amide bonds. The largest absolute Gasteiger partial charge is 0.330 e. The van der Waals surface area contributed by atoms with E-state index in [2.05, 4.69) is 5.32 Å². The molecule has 0 saturated carbocycles. The van der Waals surface area contributed by atoms with Gasteiger partial charge in [-0.1, -0.05) is 54.6 Å². The van der Waals surface area contributed by atoms with Gasteiger partial charge in [-0.2, -0.15) is 0 Å². The second-order valence-corrected chi connectivity index (χ2v) is 6.18. The van der Waals surface area contributed by atoms with E-state index in [0.29, 0.717) is 16.8 Å². The Morgan fingerprint density at radius 2 is 1.52 bits per heavy atom. The third-order valence-corrected chi connectivity index (χ3v) is 4.97. The number of fused-ring (bicyclic) bond motifs is 1. The Labute approximate surface area is 142 Å². The molecular formula is C20H12N2O3. The molecule has 0 bridgehead atoms. The molecule has 1 N–H and O–H groups in total. The molecule has 1 atom stereocenters. The van der Waals surface area contributed by atoms with Crippen molar-refractivity contribution in [1.82, 2.24) is 5.32 Å². The maximum absolute atomic E-state index is 13.4. The van der Waals surface area contributed by atoms with Crippen LogP contribution in [0.2, 0.25) is 0 Å². The summed E-state index contributed by atoms with van der Waals surface area (Å²) >= 11 is 0. The Morgan fingerprint density at radius 3 is 2.28 bits per heavy atom. The molecule has 0 aromatic heterocycles. The highest BCUT2D eigenvalue weighted by atomic mass is 16.2. The zero-order valence-electron chi connectivity index (χ0n) is 13.0. The van der Waals surface area contributed by atoms with E-state index in [1.165, 1.54) is 4.90 Å². The maximum atomic E-state index is 13.4. The number of Topliss-reactive ketones (excluding diaryl/α,β-unsaturated/α-hetero) is 1. The number of nitrogens with zero attached hydrogens (tertiary/aromatic N) is 1. The second kappa shape index (κ2) is 4.54. The Hall–Kier alpha value is -3.47. The fourth-order valence-electron chi connectivity index (χ4n) is 3.98. The van der Waals surface area contributed by atoms with Gasteiger partial charge in [0.05, 0.1) is 0 Å². The fraction of sp³-hybridized carbons (Fsp3) is 0.0500. The predicted octanol–water partition coefficient (Wildman–Crippen LogP) is 2.99. The first-order valence-electron chi connectivity index (χ1n) is 7.93. The molecule has 0 unspecified atom stereocenters. The molecule has 1 heterocycles. The van der Waals surface area contributed by atoms with Gasteiger partial charge in [0.15, 0.2) is 0 Å². The van der Waals surface area contributed by atoms with Crippen LogP contribution in [0.15, 0.2) is 66.7 Å². The van der Waals surface area contributed by atoms with Crippen LogP contribution in [0.4, 0.5) is 10.5 Å². The SMILES string of the molecule is O=C1NC(=O)[C@]2(C(=O)c3cccc4cccc2c34)N1c1ccccc1. The molecule has 5 heteroatoms. The van der Waals surface area contributed by atoms with Crippen LogP contribution in [0, 0.1) is 0 Å². The van der Waals surface area contributed by atoms with Crippen molar-refractivity contribution in [3.63, 3.8) is 0 Å². The highest BCUT2D eigenvalue weighted by Gasteiger charge is 2.63. The number of anilines is 1. The summed E-state index contributed by atoms with van der Waals surface area (Å²) in [6.07, 6.45) is 0. The number of hydrogen-bond acceptors (Lipinski definition) is 3. The lowest BCUT2D eigenvalue weighted by Gasteiger charge is -2.31. The molecule has 1 aliphatic heterocycles. The van der Waals surface area contributed by atoms with Crippen molar-refractivity contribution >= 4 is 34.2 Å². The zero-order valence-corrected chi connectivity index (χ0v) is 13.0. The van der Waals surface area contributed by atoms with E-state index in [-0.39, 0.29) is 5.78 Å². The van der Waals surface area contributed by atoms with Crippen LogP contribution in [0.25, 0.3) is 10.8 Å². The first-order valence-corrected chi connectivity index (χ1v) is 7.93. The predicted molar refractivity (Wildman–Crippen MR) is 92.4 cm³/mol. The summed E-state index contributed by atoms with van der Waals surface area (Å²) < 4.78 is 0. The standard InChI is InChI=1S/C20H12N2O3/c23-17-14-10-4-6-12-7-5-11-15(16(12)14)20(17)18(24)21-19(25)22(20)13-8-2-1-3-9-13/h1-11H,(H,21,24,25)/t20-/m0/s1. The Kier molecular flexibility index (Phi) is 2.53. The van der Waals surface area contributed by atoms with Crippen molar-refractivity contribution in [2.24, 2.45) is 0 Å². The van der Waals surface area contributed by atoms with Crippen molar-refractivity contribution in [3.05, 3.63) is 77.9 Å². The third kappa shape index (κ3) is 1.50. The Morgan fingerprint density at radius 1 is 0.800 bits per heavy atom. The topological polar surface area (TPSA) is 66.5 Å². The normalized spacial score (nSPS) is 21.4. The molecule has 25 heavy (non-hydrogen) atoms. The van der Waals surface area contributed by atoms with Crippen LogP contribution in [0.3, 0.4) is 0 Å². The number of carbonyl (C=O) groups excluding carboxylic acids is 3. The average molecular weight is 328 g/mol. The number of imide groups is 1. The lowest BCUT2D eigenvalue weighted by molar-refractivity contribution is -0.122. The van der Waals surface area contributed by atoms with Gasteiger partial charge in [-0.05, 0) is 22.9 Å². The molecule has 2 aliphatic rings. The van der Waals surface area contributed by atoms with Gasteiger partial charge in [-0.15, -0.1) is 0 Å². The van der Waals surface area contributed by atoms with Crippen molar-refractivity contribution in [3.8, 4) is 0 Å². The molecule has 0 radical (unpaired) electrons. The summed E-state index contributed by atoms with van der Waals surface area (Å²) in [5.41, 5.74) is -0.151. The molecule has 1 fully saturated rings. The van der Waals surface area contributed by atoms with Crippen LogP contribution in [-0.2, 0) is 10.3 Å². The molecule has 5 rings (SSSR count). The minimum atomic E-state index is -1.68. The summed E-state index contributed by atoms with van der Waals surface area (Å²) in [5.74, 6) is -0.971. The molecular weight excluding hydrogens is 316 g/mol. The molecule has 3 aromatic rings. The van der Waals surface area contributed by atoms with Gasteiger partial charge in [-0.25, -0.2) is 4.79 Å². The molecule has 120 valence electrons. The van der Waals surface area contributed by atoms with Gasteiger partial charge in [0, 0.05) is 16.8 Å². The summed E-state index contributed by atoms with van der Waals surface area (Å²) in [4.78, 5) is 40.2. The summed E-state index contributed by atoms with van der Waals surface area (Å²) in [6.45, 7) is 0. The smallest absolute Gasteiger partial charge is 0.290 e. The van der Waals surface area contributed by atoms with Crippen LogP contribution >= 0.6 is 0 Å². The molecule has 1 spiro atoms. The zero-order chi connectivity index (χ0) is 17.2. The highest BCUT2D eigenvalue weighted by molar-refractivity contribution is 6.37. The average Bonchev–Trinajstić information content (AvgIpc) is 3.05. The van der Waals surface area contributed by atoms with Gasteiger partial charge in [0.25, 0.3) is 5.91 Å². The molecule has 1 aliphatic carbocycles.